The number of nitrogens with zero attached hydrogens (tertiary/aromatic N) is 2. The molecule has 1 saturated heterocycles. The second-order valence-corrected chi connectivity index (χ2v) is 9.73. The molecular weight excluding hydrogens is 453 g/mol. The van der Waals surface area contributed by atoms with Crippen molar-refractivity contribution < 1.29 is 17.6 Å². The topological polar surface area (TPSA) is 69.7 Å². The number of hydrogen-bond donors (Lipinski definition) is 1. The molecule has 0 saturated carbocycles. The van der Waals surface area contributed by atoms with Gasteiger partial charge in [0.2, 0.25) is 0 Å². The molecule has 3 aromatic carbocycles. The SMILES string of the molecule is O=C(c1ccc(S(=O)(=O)Nc2ccc(F)cc2)cc1)N1CCN(C/C=C/c2ccccc2)CC1. The van der Waals surface area contributed by atoms with Crippen molar-refractivity contribution in [2.75, 3.05) is 37.4 Å². The number of carbonyl (C=O) groups is 1. The summed E-state index contributed by atoms with van der Waals surface area (Å²) in [6.45, 7) is 3.61. The van der Waals surface area contributed by atoms with Crippen molar-refractivity contribution in [2.45, 2.75) is 4.90 Å². The molecule has 1 aliphatic heterocycles. The van der Waals surface area contributed by atoms with Crippen LogP contribution in [0.5, 0.6) is 0 Å². The van der Waals surface area contributed by atoms with E-state index in [1.54, 1.807) is 4.90 Å². The van der Waals surface area contributed by atoms with E-state index in [1.165, 1.54) is 48.5 Å². The standard InChI is InChI=1S/C26H26FN3O3S/c27-23-10-12-24(13-11-23)28-34(32,33)25-14-8-22(9-15-25)26(31)30-19-17-29(18-20-30)16-4-7-21-5-2-1-3-6-21/h1-15,28H,16-20H2/b7-4+. The largest absolute Gasteiger partial charge is 0.336 e. The summed E-state index contributed by atoms with van der Waals surface area (Å²) in [6, 6.07) is 21.0. The Hall–Kier alpha value is -3.49. The average molecular weight is 480 g/mol. The van der Waals surface area contributed by atoms with Crippen molar-refractivity contribution in [1.29, 1.82) is 0 Å². The van der Waals surface area contributed by atoms with Gasteiger partial charge >= 0.3 is 0 Å². The van der Waals surface area contributed by atoms with Crippen LogP contribution >= 0.6 is 0 Å². The molecule has 1 heterocycles. The smallest absolute Gasteiger partial charge is 0.261 e. The highest BCUT2D eigenvalue weighted by atomic mass is 32.2. The minimum Gasteiger partial charge on any atom is -0.336 e. The third kappa shape index (κ3) is 6.09. The zero-order valence-electron chi connectivity index (χ0n) is 18.6. The summed E-state index contributed by atoms with van der Waals surface area (Å²) in [7, 11) is -3.84. The van der Waals surface area contributed by atoms with E-state index >= 15 is 0 Å². The number of halogens is 1. The second-order valence-electron chi connectivity index (χ2n) is 8.04. The van der Waals surface area contributed by atoms with Crippen molar-refractivity contribution >= 4 is 27.7 Å². The first kappa shape index (κ1) is 23.7. The Bertz CT molecular complexity index is 1240. The van der Waals surface area contributed by atoms with Gasteiger partial charge in [0.25, 0.3) is 15.9 Å². The van der Waals surface area contributed by atoms with E-state index in [0.717, 1.165) is 25.2 Å². The summed E-state index contributed by atoms with van der Waals surface area (Å²) in [4.78, 5) is 17.0. The highest BCUT2D eigenvalue weighted by Gasteiger charge is 2.22. The summed E-state index contributed by atoms with van der Waals surface area (Å²) in [5.41, 5.74) is 1.87. The van der Waals surface area contributed by atoms with E-state index in [4.69, 9.17) is 0 Å². The molecule has 0 bridgehead atoms. The van der Waals surface area contributed by atoms with Crippen LogP contribution in [-0.2, 0) is 10.0 Å². The van der Waals surface area contributed by atoms with Gasteiger partial charge in [-0.05, 0) is 54.1 Å². The lowest BCUT2D eigenvalue weighted by molar-refractivity contribution is 0.0650. The first-order valence-corrected chi connectivity index (χ1v) is 12.5. The minimum absolute atomic E-state index is 0.0309. The van der Waals surface area contributed by atoms with E-state index in [-0.39, 0.29) is 16.5 Å². The first-order chi connectivity index (χ1) is 16.4. The quantitative estimate of drug-likeness (QED) is 0.554. The van der Waals surface area contributed by atoms with E-state index < -0.39 is 15.8 Å². The van der Waals surface area contributed by atoms with Crippen LogP contribution in [0.4, 0.5) is 10.1 Å². The number of amides is 1. The summed E-state index contributed by atoms with van der Waals surface area (Å²) in [5.74, 6) is -0.565. The Balaban J connectivity index is 1.30. The van der Waals surface area contributed by atoms with Crippen LogP contribution in [0.2, 0.25) is 0 Å². The number of piperazine rings is 1. The van der Waals surface area contributed by atoms with Crippen LogP contribution in [0, 0.1) is 5.82 Å². The molecule has 0 radical (unpaired) electrons. The zero-order chi connectivity index (χ0) is 24.0. The third-order valence-corrected chi connectivity index (χ3v) is 7.04. The Labute approximate surface area is 199 Å². The van der Waals surface area contributed by atoms with E-state index in [1.807, 2.05) is 18.2 Å². The predicted octanol–water partition coefficient (Wildman–Crippen LogP) is 4.10. The van der Waals surface area contributed by atoms with Gasteiger partial charge in [0.1, 0.15) is 5.82 Å². The molecule has 1 aliphatic rings. The second kappa shape index (κ2) is 10.6. The van der Waals surface area contributed by atoms with Crippen LogP contribution in [0.15, 0.2) is 89.8 Å². The number of nitrogens with one attached hydrogen (secondary N) is 1. The molecule has 1 N–H and O–H groups in total. The summed E-state index contributed by atoms with van der Waals surface area (Å²) >= 11 is 0. The zero-order valence-corrected chi connectivity index (χ0v) is 19.4. The fourth-order valence-corrected chi connectivity index (χ4v) is 4.79. The van der Waals surface area contributed by atoms with Gasteiger partial charge in [0.05, 0.1) is 4.90 Å². The van der Waals surface area contributed by atoms with Crippen molar-refractivity contribution in [3.8, 4) is 0 Å². The highest BCUT2D eigenvalue weighted by molar-refractivity contribution is 7.92. The van der Waals surface area contributed by atoms with Crippen molar-refractivity contribution in [2.24, 2.45) is 0 Å². The molecule has 0 atom stereocenters. The monoisotopic (exact) mass is 479 g/mol. The molecule has 0 aromatic heterocycles. The number of benzene rings is 3. The number of sulfonamides is 1. The molecule has 0 aliphatic carbocycles. The maximum atomic E-state index is 13.0. The van der Waals surface area contributed by atoms with Crippen molar-refractivity contribution in [1.82, 2.24) is 9.80 Å². The molecule has 4 rings (SSSR count). The van der Waals surface area contributed by atoms with Crippen LogP contribution in [0.3, 0.4) is 0 Å². The maximum absolute atomic E-state index is 13.0. The van der Waals surface area contributed by atoms with Crippen molar-refractivity contribution in [3.05, 3.63) is 102 Å². The van der Waals surface area contributed by atoms with Gasteiger partial charge in [-0.3, -0.25) is 14.4 Å². The molecule has 176 valence electrons. The van der Waals surface area contributed by atoms with Crippen LogP contribution in [0.1, 0.15) is 15.9 Å². The fourth-order valence-electron chi connectivity index (χ4n) is 3.73. The normalized spacial score (nSPS) is 14.9. The van der Waals surface area contributed by atoms with Crippen LogP contribution < -0.4 is 4.72 Å². The molecule has 3 aromatic rings. The van der Waals surface area contributed by atoms with E-state index in [9.17, 15) is 17.6 Å². The fraction of sp³-hybridized carbons (Fsp3) is 0.192. The Kier molecular flexibility index (Phi) is 7.40. The van der Waals surface area contributed by atoms with Gasteiger partial charge in [-0.2, -0.15) is 0 Å². The van der Waals surface area contributed by atoms with Gasteiger partial charge in [-0.25, -0.2) is 12.8 Å². The lowest BCUT2D eigenvalue weighted by atomic mass is 10.2. The number of hydrogen-bond acceptors (Lipinski definition) is 4. The van der Waals surface area contributed by atoms with Gasteiger partial charge < -0.3 is 4.90 Å². The molecular formula is C26H26FN3O3S. The summed E-state index contributed by atoms with van der Waals surface area (Å²) in [6.07, 6.45) is 4.23. The van der Waals surface area contributed by atoms with Gasteiger partial charge in [0, 0.05) is 44.0 Å². The Morgan fingerprint density at radius 2 is 1.53 bits per heavy atom. The average Bonchev–Trinajstić information content (AvgIpc) is 2.86. The Morgan fingerprint density at radius 1 is 0.882 bits per heavy atom. The van der Waals surface area contributed by atoms with Gasteiger partial charge in [-0.1, -0.05) is 42.5 Å². The maximum Gasteiger partial charge on any atom is 0.261 e. The Morgan fingerprint density at radius 3 is 2.18 bits per heavy atom. The minimum atomic E-state index is -3.84. The summed E-state index contributed by atoms with van der Waals surface area (Å²) < 4.78 is 40.6. The molecule has 6 nitrogen and oxygen atoms in total. The predicted molar refractivity (Wildman–Crippen MR) is 131 cm³/mol. The van der Waals surface area contributed by atoms with Crippen LogP contribution in [0.25, 0.3) is 6.08 Å². The number of anilines is 1. The summed E-state index contributed by atoms with van der Waals surface area (Å²) in [5, 5.41) is 0. The lowest BCUT2D eigenvalue weighted by Crippen LogP contribution is -2.48. The molecule has 1 fully saturated rings. The number of rotatable bonds is 7. The third-order valence-electron chi connectivity index (χ3n) is 5.64. The van der Waals surface area contributed by atoms with Crippen molar-refractivity contribution in [3.63, 3.8) is 0 Å². The van der Waals surface area contributed by atoms with E-state index in [2.05, 4.69) is 33.9 Å². The molecule has 1 amide bonds. The van der Waals surface area contributed by atoms with Crippen LogP contribution in [-0.4, -0.2) is 56.8 Å². The van der Waals surface area contributed by atoms with Gasteiger partial charge in [-0.15, -0.1) is 0 Å². The van der Waals surface area contributed by atoms with E-state index in [0.29, 0.717) is 18.7 Å². The molecule has 8 heteroatoms. The number of carbonyl (C=O) groups excluding carboxylic acids is 1. The lowest BCUT2D eigenvalue weighted by Gasteiger charge is -2.34. The van der Waals surface area contributed by atoms with Gasteiger partial charge in [0.15, 0.2) is 0 Å². The molecule has 34 heavy (non-hydrogen) atoms. The molecule has 0 spiro atoms. The first-order valence-electron chi connectivity index (χ1n) is 11.0. The highest BCUT2D eigenvalue weighted by Crippen LogP contribution is 2.18. The molecule has 0 unspecified atom stereocenters.